The average molecular weight is 347 g/mol. The van der Waals surface area contributed by atoms with Crippen LogP contribution in [0, 0.1) is 28.1 Å². The van der Waals surface area contributed by atoms with Crippen LogP contribution in [0.15, 0.2) is 24.3 Å². The van der Waals surface area contributed by atoms with Gasteiger partial charge in [0.05, 0.1) is 18.6 Å². The van der Waals surface area contributed by atoms with Gasteiger partial charge < -0.3 is 9.47 Å². The number of ether oxygens (including phenoxy) is 2. The van der Waals surface area contributed by atoms with Crippen LogP contribution >= 0.6 is 0 Å². The number of rotatable bonds is 3. The molecule has 3 nitrogen and oxygen atoms in total. The predicted octanol–water partition coefficient (Wildman–Crippen LogP) is 4.92. The Morgan fingerprint density at radius 2 is 1.96 bits per heavy atom. The molecule has 3 heteroatoms. The predicted molar refractivity (Wildman–Crippen MR) is 100 cm³/mol. The molecular formula is C22H34O3. The van der Waals surface area contributed by atoms with Crippen LogP contribution in [0.2, 0.25) is 0 Å². The van der Waals surface area contributed by atoms with E-state index >= 15 is 0 Å². The van der Waals surface area contributed by atoms with Gasteiger partial charge in [-0.05, 0) is 61.9 Å². The van der Waals surface area contributed by atoms with Crippen molar-refractivity contribution in [2.24, 2.45) is 28.1 Å². The lowest BCUT2D eigenvalue weighted by Gasteiger charge is -2.60. The molecule has 6 unspecified atom stereocenters. The highest BCUT2D eigenvalue weighted by Gasteiger charge is 2.60. The first-order valence-electron chi connectivity index (χ1n) is 9.71. The van der Waals surface area contributed by atoms with Gasteiger partial charge in [0.2, 0.25) is 0 Å². The second-order valence-corrected chi connectivity index (χ2v) is 9.23. The molecule has 0 aromatic carbocycles. The highest BCUT2D eigenvalue weighted by Crippen LogP contribution is 2.64. The van der Waals surface area contributed by atoms with Crippen LogP contribution in [0.4, 0.5) is 0 Å². The van der Waals surface area contributed by atoms with Crippen molar-refractivity contribution in [1.82, 2.24) is 0 Å². The lowest BCUT2D eigenvalue weighted by atomic mass is 9.44. The summed E-state index contributed by atoms with van der Waals surface area (Å²) >= 11 is 0. The lowest BCUT2D eigenvalue weighted by Crippen LogP contribution is -2.57. The van der Waals surface area contributed by atoms with E-state index in [0.29, 0.717) is 11.8 Å². The van der Waals surface area contributed by atoms with Gasteiger partial charge in [-0.3, -0.25) is 4.79 Å². The van der Waals surface area contributed by atoms with E-state index in [2.05, 4.69) is 39.5 Å². The van der Waals surface area contributed by atoms with Crippen molar-refractivity contribution >= 4 is 5.97 Å². The summed E-state index contributed by atoms with van der Waals surface area (Å²) in [6, 6.07) is 0. The zero-order valence-corrected chi connectivity index (χ0v) is 16.6. The summed E-state index contributed by atoms with van der Waals surface area (Å²) < 4.78 is 11.2. The van der Waals surface area contributed by atoms with Crippen LogP contribution in [0.25, 0.3) is 0 Å². The minimum absolute atomic E-state index is 0.0440. The smallest absolute Gasteiger partial charge is 0.311 e. The zero-order valence-electron chi connectivity index (χ0n) is 16.6. The molecular weight excluding hydrogens is 312 g/mol. The first kappa shape index (κ1) is 18.7. The van der Waals surface area contributed by atoms with E-state index in [1.165, 1.54) is 19.1 Å². The average Bonchev–Trinajstić information content (AvgIpc) is 2.60. The summed E-state index contributed by atoms with van der Waals surface area (Å²) in [5, 5.41) is 0. The number of esters is 1. The van der Waals surface area contributed by atoms with Crippen molar-refractivity contribution in [3.05, 3.63) is 24.3 Å². The van der Waals surface area contributed by atoms with Crippen LogP contribution in [0.1, 0.15) is 59.3 Å². The number of methoxy groups -OCH3 is 2. The molecule has 0 saturated heterocycles. The molecule has 0 aromatic rings. The van der Waals surface area contributed by atoms with Crippen molar-refractivity contribution in [2.45, 2.75) is 65.4 Å². The Hall–Kier alpha value is -1.09. The van der Waals surface area contributed by atoms with Crippen molar-refractivity contribution in [3.8, 4) is 0 Å². The van der Waals surface area contributed by atoms with Crippen molar-refractivity contribution in [1.29, 1.82) is 0 Å². The van der Waals surface area contributed by atoms with Crippen molar-refractivity contribution in [3.63, 3.8) is 0 Å². The summed E-state index contributed by atoms with van der Waals surface area (Å²) in [7, 11) is 3.33. The van der Waals surface area contributed by atoms with Gasteiger partial charge in [0.25, 0.3) is 0 Å². The molecule has 0 radical (unpaired) electrons. The Balaban J connectivity index is 2.06. The highest BCUT2D eigenvalue weighted by molar-refractivity contribution is 5.77. The van der Waals surface area contributed by atoms with Gasteiger partial charge in [-0.2, -0.15) is 0 Å². The first-order valence-corrected chi connectivity index (χ1v) is 9.71. The van der Waals surface area contributed by atoms with Crippen molar-refractivity contribution < 1.29 is 14.3 Å². The molecule has 0 aliphatic heterocycles. The minimum atomic E-state index is -0.400. The number of carbonyl (C=O) groups is 1. The van der Waals surface area contributed by atoms with Crippen LogP contribution in [-0.4, -0.2) is 26.3 Å². The SMILES string of the molecule is C=CC1(C)C=C2C(OC)CC3C(C)(C(=O)OC)CCCC3(C)C2CC1. The van der Waals surface area contributed by atoms with E-state index in [4.69, 9.17) is 9.47 Å². The minimum Gasteiger partial charge on any atom is -0.469 e. The second kappa shape index (κ2) is 6.26. The molecule has 140 valence electrons. The third-order valence-corrected chi connectivity index (χ3v) is 7.87. The number of fused-ring (bicyclic) bond motifs is 3. The fraction of sp³-hybridized carbons (Fsp3) is 0.773. The summed E-state index contributed by atoms with van der Waals surface area (Å²) in [4.78, 5) is 12.7. The normalized spacial score (nSPS) is 46.4. The van der Waals surface area contributed by atoms with Crippen LogP contribution < -0.4 is 0 Å². The molecule has 3 aliphatic carbocycles. The Morgan fingerprint density at radius 3 is 2.56 bits per heavy atom. The van der Waals surface area contributed by atoms with E-state index in [1.807, 2.05) is 7.11 Å². The van der Waals surface area contributed by atoms with Gasteiger partial charge in [0, 0.05) is 12.5 Å². The maximum absolute atomic E-state index is 12.7. The summed E-state index contributed by atoms with van der Waals surface area (Å²) in [5.74, 6) is 0.757. The molecule has 3 rings (SSSR count). The fourth-order valence-electron chi connectivity index (χ4n) is 6.28. The first-order chi connectivity index (χ1) is 11.7. The van der Waals surface area contributed by atoms with Gasteiger partial charge in [-0.25, -0.2) is 0 Å². The third kappa shape index (κ3) is 2.70. The van der Waals surface area contributed by atoms with Gasteiger partial charge in [-0.15, -0.1) is 6.58 Å². The largest absolute Gasteiger partial charge is 0.469 e. The van der Waals surface area contributed by atoms with Crippen LogP contribution in [-0.2, 0) is 14.3 Å². The molecule has 2 saturated carbocycles. The Labute approximate surface area is 152 Å². The quantitative estimate of drug-likeness (QED) is 0.537. The van der Waals surface area contributed by atoms with E-state index in [0.717, 1.165) is 32.1 Å². The number of allylic oxidation sites excluding steroid dienone is 2. The van der Waals surface area contributed by atoms with Gasteiger partial charge in [0.1, 0.15) is 0 Å². The van der Waals surface area contributed by atoms with Gasteiger partial charge in [0.15, 0.2) is 0 Å². The van der Waals surface area contributed by atoms with Gasteiger partial charge in [-0.1, -0.05) is 32.4 Å². The van der Waals surface area contributed by atoms with E-state index in [1.54, 1.807) is 0 Å². The topological polar surface area (TPSA) is 35.5 Å². The third-order valence-electron chi connectivity index (χ3n) is 7.87. The summed E-state index contributed by atoms with van der Waals surface area (Å²) in [6.07, 6.45) is 11.0. The Bertz CT molecular complexity index is 594. The molecule has 0 spiro atoms. The molecule has 3 aliphatic rings. The van der Waals surface area contributed by atoms with E-state index < -0.39 is 5.41 Å². The summed E-state index contributed by atoms with van der Waals surface area (Å²) in [5.41, 5.74) is 1.25. The molecule has 2 fully saturated rings. The molecule has 0 N–H and O–H groups in total. The standard InChI is InChI=1S/C22H34O3/c1-7-20(2)12-9-16-15(14-20)17(24-5)13-18-21(16,3)10-8-11-22(18,4)19(23)25-6/h7,14,16-18H,1,8-13H2,2-6H3. The van der Waals surface area contributed by atoms with Crippen LogP contribution in [0.5, 0.6) is 0 Å². The van der Waals surface area contributed by atoms with Crippen LogP contribution in [0.3, 0.4) is 0 Å². The summed E-state index contributed by atoms with van der Waals surface area (Å²) in [6.45, 7) is 10.9. The molecule has 25 heavy (non-hydrogen) atoms. The van der Waals surface area contributed by atoms with E-state index in [-0.39, 0.29) is 22.9 Å². The molecule has 0 amide bonds. The molecule has 0 aromatic heterocycles. The lowest BCUT2D eigenvalue weighted by molar-refractivity contribution is -0.172. The second-order valence-electron chi connectivity index (χ2n) is 9.23. The molecule has 0 heterocycles. The Kier molecular flexibility index (Phi) is 4.68. The van der Waals surface area contributed by atoms with Crippen molar-refractivity contribution in [2.75, 3.05) is 14.2 Å². The van der Waals surface area contributed by atoms with Gasteiger partial charge >= 0.3 is 5.97 Å². The molecule has 0 bridgehead atoms. The number of carbonyl (C=O) groups excluding carboxylic acids is 1. The fourth-order valence-corrected chi connectivity index (χ4v) is 6.28. The zero-order chi connectivity index (χ0) is 18.5. The molecule has 6 atom stereocenters. The Morgan fingerprint density at radius 1 is 1.24 bits per heavy atom. The maximum atomic E-state index is 12.7. The van der Waals surface area contributed by atoms with E-state index in [9.17, 15) is 4.79 Å². The number of hydrogen-bond donors (Lipinski definition) is 0. The number of hydrogen-bond acceptors (Lipinski definition) is 3. The maximum Gasteiger partial charge on any atom is 0.311 e. The highest BCUT2D eigenvalue weighted by atomic mass is 16.5. The monoisotopic (exact) mass is 346 g/mol.